The van der Waals surface area contributed by atoms with Crippen molar-refractivity contribution in [3.63, 3.8) is 0 Å². The standard InChI is InChI=1S/C7H6ClF2NO/c1-4-5(8)2-11-3-6(4)12-7(9)10/h2-3,7H,1H3. The van der Waals surface area contributed by atoms with Crippen LogP contribution in [0.2, 0.25) is 5.02 Å². The first kappa shape index (κ1) is 9.19. The van der Waals surface area contributed by atoms with Gasteiger partial charge in [-0.3, -0.25) is 4.98 Å². The van der Waals surface area contributed by atoms with E-state index in [9.17, 15) is 8.78 Å². The van der Waals surface area contributed by atoms with Crippen molar-refractivity contribution in [2.75, 3.05) is 0 Å². The molecule has 0 amide bonds. The van der Waals surface area contributed by atoms with E-state index in [1.807, 2.05) is 0 Å². The predicted molar refractivity (Wildman–Crippen MR) is 40.6 cm³/mol. The predicted octanol–water partition coefficient (Wildman–Crippen LogP) is 2.64. The minimum Gasteiger partial charge on any atom is -0.433 e. The monoisotopic (exact) mass is 193 g/mol. The molecule has 0 aromatic carbocycles. The van der Waals surface area contributed by atoms with Crippen LogP contribution in [0.1, 0.15) is 5.56 Å². The molecule has 1 heterocycles. The molecule has 0 aliphatic carbocycles. The van der Waals surface area contributed by atoms with Gasteiger partial charge in [0.1, 0.15) is 5.75 Å². The van der Waals surface area contributed by atoms with Crippen LogP contribution >= 0.6 is 11.6 Å². The summed E-state index contributed by atoms with van der Waals surface area (Å²) in [4.78, 5) is 3.61. The fraction of sp³-hybridized carbons (Fsp3) is 0.286. The maximum absolute atomic E-state index is 11.7. The lowest BCUT2D eigenvalue weighted by molar-refractivity contribution is -0.0505. The van der Waals surface area contributed by atoms with Crippen molar-refractivity contribution >= 4 is 11.6 Å². The second kappa shape index (κ2) is 3.67. The zero-order valence-corrected chi connectivity index (χ0v) is 6.98. The second-order valence-electron chi connectivity index (χ2n) is 2.12. The van der Waals surface area contributed by atoms with Gasteiger partial charge in [0.2, 0.25) is 0 Å². The lowest BCUT2D eigenvalue weighted by Gasteiger charge is -2.07. The summed E-state index contributed by atoms with van der Waals surface area (Å²) in [6.45, 7) is -1.26. The molecule has 0 radical (unpaired) electrons. The van der Waals surface area contributed by atoms with Crippen LogP contribution in [0, 0.1) is 6.92 Å². The largest absolute Gasteiger partial charge is 0.433 e. The van der Waals surface area contributed by atoms with Gasteiger partial charge in [-0.2, -0.15) is 8.78 Å². The number of halogens is 3. The molecule has 1 aromatic rings. The molecule has 66 valence electrons. The van der Waals surface area contributed by atoms with Crippen molar-refractivity contribution in [1.29, 1.82) is 0 Å². The Labute approximate surface area is 73.1 Å². The number of hydrogen-bond donors (Lipinski definition) is 0. The molecule has 1 rings (SSSR count). The zero-order chi connectivity index (χ0) is 9.14. The van der Waals surface area contributed by atoms with E-state index in [1.54, 1.807) is 6.92 Å². The maximum atomic E-state index is 11.7. The van der Waals surface area contributed by atoms with Crippen LogP contribution in [0.15, 0.2) is 12.4 Å². The van der Waals surface area contributed by atoms with Crippen LogP contribution in [-0.2, 0) is 0 Å². The van der Waals surface area contributed by atoms with Gasteiger partial charge in [0.05, 0.1) is 11.2 Å². The highest BCUT2D eigenvalue weighted by Crippen LogP contribution is 2.24. The number of rotatable bonds is 2. The van der Waals surface area contributed by atoms with E-state index in [1.165, 1.54) is 12.4 Å². The summed E-state index contributed by atoms with van der Waals surface area (Å²) in [6.07, 6.45) is 2.57. The molecule has 5 heteroatoms. The minimum atomic E-state index is -2.84. The van der Waals surface area contributed by atoms with Gasteiger partial charge in [-0.15, -0.1) is 0 Å². The SMILES string of the molecule is Cc1c(Cl)cncc1OC(F)F. The molecule has 0 fully saturated rings. The Morgan fingerprint density at radius 3 is 2.75 bits per heavy atom. The molecule has 0 saturated carbocycles. The third-order valence-electron chi connectivity index (χ3n) is 1.32. The first-order valence-electron chi connectivity index (χ1n) is 3.16. The summed E-state index contributed by atoms with van der Waals surface area (Å²) in [6, 6.07) is 0. The number of aromatic nitrogens is 1. The molecule has 1 aromatic heterocycles. The summed E-state index contributed by atoms with van der Waals surface area (Å²) in [5.41, 5.74) is 0.465. The van der Waals surface area contributed by atoms with Gasteiger partial charge < -0.3 is 4.74 Å². The summed E-state index contributed by atoms with van der Waals surface area (Å²) in [7, 11) is 0. The summed E-state index contributed by atoms with van der Waals surface area (Å²) in [5.74, 6) is 0.0116. The normalized spacial score (nSPS) is 10.4. The first-order chi connectivity index (χ1) is 5.61. The lowest BCUT2D eigenvalue weighted by Crippen LogP contribution is -2.03. The van der Waals surface area contributed by atoms with Crippen molar-refractivity contribution in [1.82, 2.24) is 4.98 Å². The maximum Gasteiger partial charge on any atom is 0.387 e. The Kier molecular flexibility index (Phi) is 2.81. The number of pyridine rings is 1. The quantitative estimate of drug-likeness (QED) is 0.721. The number of hydrogen-bond acceptors (Lipinski definition) is 2. The topological polar surface area (TPSA) is 22.1 Å². The van der Waals surface area contributed by atoms with Crippen molar-refractivity contribution in [2.24, 2.45) is 0 Å². The molecule has 2 nitrogen and oxygen atoms in total. The van der Waals surface area contributed by atoms with Crippen LogP contribution in [0.25, 0.3) is 0 Å². The smallest absolute Gasteiger partial charge is 0.387 e. The molecule has 0 N–H and O–H groups in total. The zero-order valence-electron chi connectivity index (χ0n) is 6.22. The van der Waals surface area contributed by atoms with Crippen molar-refractivity contribution in [3.8, 4) is 5.75 Å². The van der Waals surface area contributed by atoms with Crippen LogP contribution in [0.3, 0.4) is 0 Å². The van der Waals surface area contributed by atoms with Crippen LogP contribution in [-0.4, -0.2) is 11.6 Å². The summed E-state index contributed by atoms with van der Waals surface area (Å²) < 4.78 is 27.6. The molecule has 0 bridgehead atoms. The molecule has 0 aliphatic heterocycles. The molecule has 0 saturated heterocycles. The molecule has 0 unspecified atom stereocenters. The van der Waals surface area contributed by atoms with Crippen molar-refractivity contribution in [2.45, 2.75) is 13.5 Å². The summed E-state index contributed by atoms with van der Waals surface area (Å²) >= 11 is 5.61. The van der Waals surface area contributed by atoms with E-state index in [0.717, 1.165) is 0 Å². The van der Waals surface area contributed by atoms with E-state index in [2.05, 4.69) is 9.72 Å². The van der Waals surface area contributed by atoms with E-state index in [4.69, 9.17) is 11.6 Å². The molecular weight excluding hydrogens is 188 g/mol. The molecule has 0 spiro atoms. The third kappa shape index (κ3) is 2.04. The Morgan fingerprint density at radius 2 is 2.17 bits per heavy atom. The van der Waals surface area contributed by atoms with Gasteiger partial charge in [0, 0.05) is 11.8 Å². The highest BCUT2D eigenvalue weighted by Gasteiger charge is 2.08. The lowest BCUT2D eigenvalue weighted by atomic mass is 10.3. The fourth-order valence-electron chi connectivity index (χ4n) is 0.697. The number of ether oxygens (including phenoxy) is 1. The highest BCUT2D eigenvalue weighted by molar-refractivity contribution is 6.31. The summed E-state index contributed by atoms with van der Waals surface area (Å²) in [5, 5.41) is 0.313. The molecule has 0 aliphatic rings. The number of nitrogens with zero attached hydrogens (tertiary/aromatic N) is 1. The van der Waals surface area contributed by atoms with E-state index >= 15 is 0 Å². The third-order valence-corrected chi connectivity index (χ3v) is 1.70. The van der Waals surface area contributed by atoms with Crippen LogP contribution in [0.5, 0.6) is 5.75 Å². The number of alkyl halides is 2. The van der Waals surface area contributed by atoms with Gasteiger partial charge >= 0.3 is 6.61 Å². The van der Waals surface area contributed by atoms with Gasteiger partial charge in [0.25, 0.3) is 0 Å². The molecular formula is C7H6ClF2NO. The Hall–Kier alpha value is -0.900. The van der Waals surface area contributed by atoms with E-state index < -0.39 is 6.61 Å². The molecule has 12 heavy (non-hydrogen) atoms. The van der Waals surface area contributed by atoms with Gasteiger partial charge in [-0.25, -0.2) is 0 Å². The van der Waals surface area contributed by atoms with E-state index in [-0.39, 0.29) is 5.75 Å². The second-order valence-corrected chi connectivity index (χ2v) is 2.53. The fourth-order valence-corrected chi connectivity index (χ4v) is 0.846. The Balaban J connectivity index is 2.92. The highest BCUT2D eigenvalue weighted by atomic mass is 35.5. The average molecular weight is 194 g/mol. The van der Waals surface area contributed by atoms with Gasteiger partial charge in [-0.05, 0) is 6.92 Å². The molecule has 0 atom stereocenters. The van der Waals surface area contributed by atoms with E-state index in [0.29, 0.717) is 10.6 Å². The average Bonchev–Trinajstić information content (AvgIpc) is 1.98. The van der Waals surface area contributed by atoms with Crippen molar-refractivity contribution in [3.05, 3.63) is 23.0 Å². The van der Waals surface area contributed by atoms with Gasteiger partial charge in [-0.1, -0.05) is 11.6 Å². The van der Waals surface area contributed by atoms with Crippen LogP contribution in [0.4, 0.5) is 8.78 Å². The minimum absolute atomic E-state index is 0.0116. The van der Waals surface area contributed by atoms with Crippen molar-refractivity contribution < 1.29 is 13.5 Å². The van der Waals surface area contributed by atoms with Crippen LogP contribution < -0.4 is 4.74 Å². The Morgan fingerprint density at radius 1 is 1.50 bits per heavy atom. The first-order valence-corrected chi connectivity index (χ1v) is 3.54. The Bertz CT molecular complexity index is 280. The van der Waals surface area contributed by atoms with Gasteiger partial charge in [0.15, 0.2) is 0 Å².